The Labute approximate surface area is 213 Å². The Hall–Kier alpha value is -3.01. The molecule has 2 heterocycles. The van der Waals surface area contributed by atoms with Crippen molar-refractivity contribution in [2.45, 2.75) is 71.6 Å². The minimum atomic E-state index is -0.599. The maximum atomic E-state index is 9.95. The lowest BCUT2D eigenvalue weighted by Crippen LogP contribution is -2.29. The van der Waals surface area contributed by atoms with Gasteiger partial charge in [0.15, 0.2) is 5.82 Å². The van der Waals surface area contributed by atoms with E-state index in [4.69, 9.17) is 19.2 Å². The number of aryl methyl sites for hydroxylation is 2. The molecule has 1 aliphatic carbocycles. The summed E-state index contributed by atoms with van der Waals surface area (Å²) in [6.45, 7) is 8.41. The molecule has 9 heteroatoms. The number of anilines is 1. The van der Waals surface area contributed by atoms with E-state index in [0.29, 0.717) is 23.9 Å². The summed E-state index contributed by atoms with van der Waals surface area (Å²) in [5, 5.41) is 30.3. The van der Waals surface area contributed by atoms with Crippen LogP contribution >= 0.6 is 0 Å². The first-order valence-corrected chi connectivity index (χ1v) is 12.8. The summed E-state index contributed by atoms with van der Waals surface area (Å²) in [7, 11) is 1.79. The summed E-state index contributed by atoms with van der Waals surface area (Å²) in [5.41, 5.74) is 3.16. The molecule has 0 spiro atoms. The smallest absolute Gasteiger partial charge is 0.162 e. The lowest BCUT2D eigenvalue weighted by Gasteiger charge is -2.26. The number of rotatable bonds is 9. The van der Waals surface area contributed by atoms with Crippen molar-refractivity contribution < 1.29 is 19.5 Å². The second kappa shape index (κ2) is 13.3. The van der Waals surface area contributed by atoms with Gasteiger partial charge in [0, 0.05) is 24.2 Å². The standard InChI is InChI=1S/C25H33N5O4.C2H6/c1-15-24(16(2)34-30-15)22-12-23(27-18-7-9-19(31)10-8-18)29-25(28-22)17-5-4-6-21(11-17)33-14-20(32)13-26-3;1-2/h4-6,11-12,18-20,26,31-32H,7-10,13-14H2,1-3H3,(H,27,28,29);1-2H3. The van der Waals surface area contributed by atoms with E-state index in [1.807, 2.05) is 58.0 Å². The van der Waals surface area contributed by atoms with E-state index in [0.717, 1.165) is 54.0 Å². The minimum absolute atomic E-state index is 0.185. The van der Waals surface area contributed by atoms with E-state index < -0.39 is 6.10 Å². The Morgan fingerprint density at radius 3 is 2.53 bits per heavy atom. The molecule has 36 heavy (non-hydrogen) atoms. The number of nitrogens with one attached hydrogen (secondary N) is 2. The summed E-state index contributed by atoms with van der Waals surface area (Å²) >= 11 is 0. The molecule has 1 atom stereocenters. The van der Waals surface area contributed by atoms with Gasteiger partial charge in [-0.3, -0.25) is 0 Å². The Bertz CT molecular complexity index is 1080. The normalized spacial score (nSPS) is 18.2. The van der Waals surface area contributed by atoms with Crippen LogP contribution in [-0.4, -0.2) is 63.8 Å². The van der Waals surface area contributed by atoms with Gasteiger partial charge in [-0.25, -0.2) is 9.97 Å². The molecule has 0 aliphatic heterocycles. The van der Waals surface area contributed by atoms with Gasteiger partial charge in [0.1, 0.15) is 30.0 Å². The van der Waals surface area contributed by atoms with Crippen molar-refractivity contribution in [3.63, 3.8) is 0 Å². The van der Waals surface area contributed by atoms with Gasteiger partial charge in [-0.2, -0.15) is 0 Å². The molecule has 4 N–H and O–H groups in total. The Morgan fingerprint density at radius 1 is 1.11 bits per heavy atom. The monoisotopic (exact) mass is 497 g/mol. The molecule has 2 aromatic heterocycles. The Morgan fingerprint density at radius 2 is 1.86 bits per heavy atom. The molecule has 1 unspecified atom stereocenters. The number of aliphatic hydroxyl groups is 2. The van der Waals surface area contributed by atoms with Crippen LogP contribution < -0.4 is 15.4 Å². The van der Waals surface area contributed by atoms with Crippen LogP contribution in [0.25, 0.3) is 22.6 Å². The van der Waals surface area contributed by atoms with Gasteiger partial charge in [-0.15, -0.1) is 0 Å². The molecule has 0 bridgehead atoms. The van der Waals surface area contributed by atoms with Crippen molar-refractivity contribution in [1.82, 2.24) is 20.4 Å². The topological polar surface area (TPSA) is 126 Å². The summed E-state index contributed by atoms with van der Waals surface area (Å²) in [6, 6.07) is 9.71. The predicted molar refractivity (Wildman–Crippen MR) is 141 cm³/mol. The molecule has 9 nitrogen and oxygen atoms in total. The number of ether oxygens (including phenoxy) is 1. The zero-order valence-electron chi connectivity index (χ0n) is 21.9. The van der Waals surface area contributed by atoms with Crippen LogP contribution in [0, 0.1) is 13.8 Å². The van der Waals surface area contributed by atoms with E-state index in [1.54, 1.807) is 7.05 Å². The van der Waals surface area contributed by atoms with Crippen LogP contribution in [0.4, 0.5) is 5.82 Å². The maximum absolute atomic E-state index is 9.95. The average molecular weight is 498 g/mol. The predicted octanol–water partition coefficient (Wildman–Crippen LogP) is 4.12. The van der Waals surface area contributed by atoms with Crippen LogP contribution in [0.5, 0.6) is 5.75 Å². The molecule has 196 valence electrons. The third-order valence-electron chi connectivity index (χ3n) is 6.04. The number of benzene rings is 1. The van der Waals surface area contributed by atoms with E-state index in [9.17, 15) is 10.2 Å². The van der Waals surface area contributed by atoms with Gasteiger partial charge in [0.05, 0.1) is 23.1 Å². The molecular weight excluding hydrogens is 458 g/mol. The van der Waals surface area contributed by atoms with Gasteiger partial charge < -0.3 is 30.1 Å². The lowest BCUT2D eigenvalue weighted by atomic mass is 9.93. The van der Waals surface area contributed by atoms with Gasteiger partial charge in [-0.05, 0) is 58.7 Å². The first-order valence-electron chi connectivity index (χ1n) is 12.8. The Kier molecular flexibility index (Phi) is 10.2. The lowest BCUT2D eigenvalue weighted by molar-refractivity contribution is 0.108. The number of nitrogens with zero attached hydrogens (tertiary/aromatic N) is 3. The van der Waals surface area contributed by atoms with Crippen molar-refractivity contribution >= 4 is 5.82 Å². The van der Waals surface area contributed by atoms with Gasteiger partial charge in [0.25, 0.3) is 0 Å². The van der Waals surface area contributed by atoms with Crippen molar-refractivity contribution in [3.05, 3.63) is 41.8 Å². The Balaban J connectivity index is 0.00000176. The fourth-order valence-corrected chi connectivity index (χ4v) is 4.27. The molecule has 1 aromatic carbocycles. The van der Waals surface area contributed by atoms with E-state index in [2.05, 4.69) is 15.8 Å². The SMILES string of the molecule is CC.CNCC(O)COc1cccc(-c2nc(NC3CCC(O)CC3)cc(-c3c(C)noc3C)n2)c1. The third-order valence-corrected chi connectivity index (χ3v) is 6.04. The van der Waals surface area contributed by atoms with Crippen molar-refractivity contribution in [1.29, 1.82) is 0 Å². The van der Waals surface area contributed by atoms with Gasteiger partial charge in [-0.1, -0.05) is 31.1 Å². The van der Waals surface area contributed by atoms with Crippen LogP contribution in [0.15, 0.2) is 34.9 Å². The second-order valence-corrected chi connectivity index (χ2v) is 8.86. The van der Waals surface area contributed by atoms with Gasteiger partial charge >= 0.3 is 0 Å². The largest absolute Gasteiger partial charge is 0.491 e. The molecule has 1 fully saturated rings. The maximum Gasteiger partial charge on any atom is 0.162 e. The first kappa shape index (κ1) is 27.6. The van der Waals surface area contributed by atoms with Crippen molar-refractivity contribution in [2.24, 2.45) is 0 Å². The highest BCUT2D eigenvalue weighted by molar-refractivity contribution is 5.70. The molecule has 1 aliphatic rings. The summed E-state index contributed by atoms with van der Waals surface area (Å²) in [5.74, 6) is 2.61. The number of hydrogen-bond donors (Lipinski definition) is 4. The molecule has 0 saturated heterocycles. The molecule has 1 saturated carbocycles. The van der Waals surface area contributed by atoms with E-state index in [1.165, 1.54) is 0 Å². The highest BCUT2D eigenvalue weighted by Crippen LogP contribution is 2.31. The quantitative estimate of drug-likeness (QED) is 0.345. The van der Waals surface area contributed by atoms with Crippen molar-refractivity contribution in [3.8, 4) is 28.4 Å². The summed E-state index contributed by atoms with van der Waals surface area (Å²) in [6.07, 6.45) is 2.53. The minimum Gasteiger partial charge on any atom is -0.491 e. The second-order valence-electron chi connectivity index (χ2n) is 8.86. The van der Waals surface area contributed by atoms with Crippen LogP contribution in [0.2, 0.25) is 0 Å². The summed E-state index contributed by atoms with van der Waals surface area (Å²) in [4.78, 5) is 9.63. The van der Waals surface area contributed by atoms with Crippen molar-refractivity contribution in [2.75, 3.05) is 25.5 Å². The molecule has 0 radical (unpaired) electrons. The first-order chi connectivity index (χ1) is 17.4. The number of aromatic nitrogens is 3. The zero-order chi connectivity index (χ0) is 26.1. The number of hydrogen-bond acceptors (Lipinski definition) is 9. The molecule has 4 rings (SSSR count). The summed E-state index contributed by atoms with van der Waals surface area (Å²) < 4.78 is 11.2. The average Bonchev–Trinajstić information content (AvgIpc) is 3.23. The van der Waals surface area contributed by atoms with Crippen LogP contribution in [-0.2, 0) is 0 Å². The highest BCUT2D eigenvalue weighted by atomic mass is 16.5. The highest BCUT2D eigenvalue weighted by Gasteiger charge is 2.21. The molecular formula is C27H39N5O4. The molecule has 0 amide bonds. The third kappa shape index (κ3) is 7.25. The van der Waals surface area contributed by atoms with E-state index >= 15 is 0 Å². The zero-order valence-corrected chi connectivity index (χ0v) is 21.9. The molecule has 3 aromatic rings. The number of likely N-dealkylation sites (N-methyl/N-ethyl adjacent to an activating group) is 1. The fraction of sp³-hybridized carbons (Fsp3) is 0.519. The van der Waals surface area contributed by atoms with Gasteiger partial charge in [0.2, 0.25) is 0 Å². The fourth-order valence-electron chi connectivity index (χ4n) is 4.27. The van der Waals surface area contributed by atoms with E-state index in [-0.39, 0.29) is 18.8 Å². The number of aliphatic hydroxyl groups excluding tert-OH is 2. The van der Waals surface area contributed by atoms with Crippen LogP contribution in [0.1, 0.15) is 51.0 Å². The van der Waals surface area contributed by atoms with Crippen LogP contribution in [0.3, 0.4) is 0 Å².